The Morgan fingerprint density at radius 3 is 2.69 bits per heavy atom. The molecule has 3 aromatic rings. The minimum Gasteiger partial charge on any atom is -0.375 e. The van der Waals surface area contributed by atoms with E-state index in [0.29, 0.717) is 36.2 Å². The van der Waals surface area contributed by atoms with Crippen LogP contribution in [0.25, 0.3) is 17.1 Å². The molecule has 2 aromatic carbocycles. The Kier molecular flexibility index (Phi) is 5.92. The first-order chi connectivity index (χ1) is 14.1. The molecule has 0 saturated carbocycles. The lowest BCUT2D eigenvalue weighted by molar-refractivity contribution is -0.135. The summed E-state index contributed by atoms with van der Waals surface area (Å²) in [5.74, 6) is 0.297. The fraction of sp³-hybridized carbons (Fsp3) is 0.286. The van der Waals surface area contributed by atoms with Crippen LogP contribution in [0.5, 0.6) is 0 Å². The van der Waals surface area contributed by atoms with Gasteiger partial charge >= 0.3 is 0 Å². The lowest BCUT2D eigenvalue weighted by atomic mass is 10.2. The van der Waals surface area contributed by atoms with Crippen LogP contribution < -0.4 is 0 Å². The highest BCUT2D eigenvalue weighted by molar-refractivity contribution is 7.99. The molecule has 1 unspecified atom stereocenters. The smallest absolute Gasteiger partial charge is 0.233 e. The van der Waals surface area contributed by atoms with Crippen molar-refractivity contribution in [1.82, 2.24) is 19.7 Å². The summed E-state index contributed by atoms with van der Waals surface area (Å²) in [4.78, 5) is 14.4. The van der Waals surface area contributed by atoms with E-state index in [0.717, 1.165) is 5.69 Å². The molecule has 0 bridgehead atoms. The Labute approximate surface area is 172 Å². The van der Waals surface area contributed by atoms with E-state index in [2.05, 4.69) is 10.2 Å². The normalized spacial score (nSPS) is 16.8. The van der Waals surface area contributed by atoms with Crippen LogP contribution in [0.2, 0.25) is 0 Å². The van der Waals surface area contributed by atoms with Crippen LogP contribution in [0, 0.1) is 5.82 Å². The molecule has 1 aliphatic rings. The van der Waals surface area contributed by atoms with Crippen LogP contribution in [0.1, 0.15) is 6.92 Å². The summed E-state index contributed by atoms with van der Waals surface area (Å²) in [5.41, 5.74) is 1.18. The van der Waals surface area contributed by atoms with Gasteiger partial charge in [-0.3, -0.25) is 9.36 Å². The quantitative estimate of drug-likeness (QED) is 0.601. The number of carbonyl (C=O) groups excluding carboxylic acids is 1. The fourth-order valence-corrected chi connectivity index (χ4v) is 4.11. The van der Waals surface area contributed by atoms with Crippen molar-refractivity contribution < 1.29 is 13.9 Å². The molecule has 1 amide bonds. The number of ether oxygens (including phenoxy) is 1. The number of nitrogens with zero attached hydrogens (tertiary/aromatic N) is 4. The number of hydrogen-bond donors (Lipinski definition) is 0. The van der Waals surface area contributed by atoms with E-state index in [1.165, 1.54) is 17.8 Å². The number of morpholine rings is 1. The molecule has 4 rings (SSSR count). The van der Waals surface area contributed by atoms with Gasteiger partial charge in [0.15, 0.2) is 11.0 Å². The first kappa shape index (κ1) is 19.6. The SMILES string of the molecule is CC1CN(C(=O)CSc2nnc(-c3ccccc3F)n2-c2ccccc2)CCO1. The monoisotopic (exact) mass is 412 g/mol. The van der Waals surface area contributed by atoms with Crippen LogP contribution in [0.15, 0.2) is 59.8 Å². The van der Waals surface area contributed by atoms with Gasteiger partial charge in [-0.05, 0) is 31.2 Å². The van der Waals surface area contributed by atoms with Gasteiger partial charge in [0, 0.05) is 18.8 Å². The van der Waals surface area contributed by atoms with Crippen molar-refractivity contribution in [3.8, 4) is 17.1 Å². The summed E-state index contributed by atoms with van der Waals surface area (Å²) < 4.78 is 21.7. The number of amides is 1. The first-order valence-electron chi connectivity index (χ1n) is 9.41. The molecule has 0 spiro atoms. The third kappa shape index (κ3) is 4.33. The maximum Gasteiger partial charge on any atom is 0.233 e. The Balaban J connectivity index is 1.62. The third-order valence-corrected chi connectivity index (χ3v) is 5.59. The second-order valence-electron chi connectivity index (χ2n) is 6.77. The third-order valence-electron chi connectivity index (χ3n) is 4.68. The van der Waals surface area contributed by atoms with Crippen molar-refractivity contribution in [2.45, 2.75) is 18.2 Å². The number of benzene rings is 2. The van der Waals surface area contributed by atoms with Crippen molar-refractivity contribution in [3.05, 3.63) is 60.4 Å². The summed E-state index contributed by atoms with van der Waals surface area (Å²) in [7, 11) is 0. The fourth-order valence-electron chi connectivity index (χ4n) is 3.25. The Morgan fingerprint density at radius 2 is 1.93 bits per heavy atom. The standard InChI is InChI=1S/C21H21FN4O2S/c1-15-13-25(11-12-28-15)19(27)14-29-21-24-23-20(17-9-5-6-10-18(17)22)26(21)16-7-3-2-4-8-16/h2-10,15H,11-14H2,1H3. The van der Waals surface area contributed by atoms with Gasteiger partial charge in [-0.25, -0.2) is 4.39 Å². The number of halogens is 1. The summed E-state index contributed by atoms with van der Waals surface area (Å²) in [6, 6.07) is 16.0. The minimum absolute atomic E-state index is 0.0280. The number of thioether (sulfide) groups is 1. The van der Waals surface area contributed by atoms with Gasteiger partial charge in [-0.1, -0.05) is 42.1 Å². The van der Waals surface area contributed by atoms with Gasteiger partial charge in [-0.2, -0.15) is 0 Å². The molecule has 1 aliphatic heterocycles. The zero-order valence-corrected chi connectivity index (χ0v) is 16.8. The maximum atomic E-state index is 14.4. The second kappa shape index (κ2) is 8.75. The predicted molar refractivity (Wildman–Crippen MR) is 109 cm³/mol. The zero-order valence-electron chi connectivity index (χ0n) is 16.0. The van der Waals surface area contributed by atoms with Gasteiger partial charge in [0.25, 0.3) is 0 Å². The highest BCUT2D eigenvalue weighted by Crippen LogP contribution is 2.29. The molecule has 1 aromatic heterocycles. The molecule has 1 fully saturated rings. The van der Waals surface area contributed by atoms with Gasteiger partial charge in [-0.15, -0.1) is 10.2 Å². The largest absolute Gasteiger partial charge is 0.375 e. The Hall–Kier alpha value is -2.71. The van der Waals surface area contributed by atoms with E-state index < -0.39 is 0 Å². The topological polar surface area (TPSA) is 60.2 Å². The highest BCUT2D eigenvalue weighted by atomic mass is 32.2. The van der Waals surface area contributed by atoms with Crippen molar-refractivity contribution in [2.75, 3.05) is 25.4 Å². The zero-order chi connectivity index (χ0) is 20.2. The molecule has 0 N–H and O–H groups in total. The van der Waals surface area contributed by atoms with Crippen LogP contribution in [0.4, 0.5) is 4.39 Å². The van der Waals surface area contributed by atoms with Crippen molar-refractivity contribution >= 4 is 17.7 Å². The van der Waals surface area contributed by atoms with Crippen molar-refractivity contribution in [2.24, 2.45) is 0 Å². The summed E-state index contributed by atoms with van der Waals surface area (Å²) in [6.45, 7) is 3.69. The number of para-hydroxylation sites is 1. The summed E-state index contributed by atoms with van der Waals surface area (Å²) in [6.07, 6.45) is 0.0401. The van der Waals surface area contributed by atoms with Crippen molar-refractivity contribution in [3.63, 3.8) is 0 Å². The Bertz CT molecular complexity index is 995. The molecule has 1 atom stereocenters. The molecule has 29 heavy (non-hydrogen) atoms. The van der Waals surface area contributed by atoms with Crippen molar-refractivity contribution in [1.29, 1.82) is 0 Å². The molecule has 6 nitrogen and oxygen atoms in total. The number of aromatic nitrogens is 3. The minimum atomic E-state index is -0.369. The van der Waals surface area contributed by atoms with E-state index in [1.807, 2.05) is 42.2 Å². The molecule has 8 heteroatoms. The van der Waals surface area contributed by atoms with E-state index in [4.69, 9.17) is 4.74 Å². The van der Waals surface area contributed by atoms with Gasteiger partial charge < -0.3 is 9.64 Å². The average Bonchev–Trinajstić information content (AvgIpc) is 3.16. The van der Waals surface area contributed by atoms with Crippen LogP contribution in [-0.4, -0.2) is 57.1 Å². The van der Waals surface area contributed by atoms with Crippen LogP contribution >= 0.6 is 11.8 Å². The van der Waals surface area contributed by atoms with Gasteiger partial charge in [0.05, 0.1) is 24.0 Å². The summed E-state index contributed by atoms with van der Waals surface area (Å²) in [5, 5.41) is 9.03. The van der Waals surface area contributed by atoms with E-state index in [1.54, 1.807) is 22.8 Å². The molecule has 0 radical (unpaired) electrons. The number of carbonyl (C=O) groups is 1. The number of hydrogen-bond acceptors (Lipinski definition) is 5. The highest BCUT2D eigenvalue weighted by Gasteiger charge is 2.23. The van der Waals surface area contributed by atoms with E-state index in [-0.39, 0.29) is 23.6 Å². The second-order valence-corrected chi connectivity index (χ2v) is 7.71. The van der Waals surface area contributed by atoms with E-state index >= 15 is 0 Å². The average molecular weight is 412 g/mol. The predicted octanol–water partition coefficient (Wildman–Crippen LogP) is 3.41. The molecule has 2 heterocycles. The molecule has 0 aliphatic carbocycles. The first-order valence-corrected chi connectivity index (χ1v) is 10.4. The maximum absolute atomic E-state index is 14.4. The molecule has 150 valence electrons. The summed E-state index contributed by atoms with van der Waals surface area (Å²) >= 11 is 1.30. The van der Waals surface area contributed by atoms with Gasteiger partial charge in [0.1, 0.15) is 5.82 Å². The Morgan fingerprint density at radius 1 is 1.17 bits per heavy atom. The van der Waals surface area contributed by atoms with Gasteiger partial charge in [0.2, 0.25) is 5.91 Å². The number of rotatable bonds is 5. The molecule has 1 saturated heterocycles. The van der Waals surface area contributed by atoms with E-state index in [9.17, 15) is 9.18 Å². The lowest BCUT2D eigenvalue weighted by Crippen LogP contribution is -2.45. The van der Waals surface area contributed by atoms with Crippen LogP contribution in [0.3, 0.4) is 0 Å². The molecular weight excluding hydrogens is 391 g/mol. The van der Waals surface area contributed by atoms with Crippen LogP contribution in [-0.2, 0) is 9.53 Å². The molecular formula is C21H21FN4O2S. The lowest BCUT2D eigenvalue weighted by Gasteiger charge is -2.31.